The van der Waals surface area contributed by atoms with Crippen LogP contribution in [0, 0.1) is 19.8 Å². The molecule has 0 amide bonds. The van der Waals surface area contributed by atoms with Gasteiger partial charge >= 0.3 is 5.97 Å². The summed E-state index contributed by atoms with van der Waals surface area (Å²) in [5, 5.41) is 12.3. The summed E-state index contributed by atoms with van der Waals surface area (Å²) in [6.07, 6.45) is 0.653. The van der Waals surface area contributed by atoms with Gasteiger partial charge in [0.1, 0.15) is 6.04 Å². The van der Waals surface area contributed by atoms with E-state index in [-0.39, 0.29) is 0 Å². The van der Waals surface area contributed by atoms with Crippen molar-refractivity contribution in [2.75, 3.05) is 0 Å². The molecule has 0 aromatic carbocycles. The molecule has 2 N–H and O–H groups in total. The number of carboxylic acid groups (broad SMARTS) is 1. The summed E-state index contributed by atoms with van der Waals surface area (Å²) in [4.78, 5) is 11.1. The van der Waals surface area contributed by atoms with Crippen LogP contribution in [0.1, 0.15) is 37.2 Å². The lowest BCUT2D eigenvalue weighted by atomic mass is 10.0. The Labute approximate surface area is 109 Å². The minimum absolute atomic E-state index is 0.372. The Kier molecular flexibility index (Phi) is 4.96. The first-order valence-corrected chi connectivity index (χ1v) is 6.41. The first-order valence-electron chi connectivity index (χ1n) is 6.41. The second-order valence-corrected chi connectivity index (χ2v) is 5.36. The van der Waals surface area contributed by atoms with Gasteiger partial charge in [0.15, 0.2) is 0 Å². The lowest BCUT2D eigenvalue weighted by Crippen LogP contribution is -2.37. The quantitative estimate of drug-likeness (QED) is 0.816. The van der Waals surface area contributed by atoms with Crippen molar-refractivity contribution >= 4 is 5.97 Å². The van der Waals surface area contributed by atoms with Crippen molar-refractivity contribution in [1.82, 2.24) is 9.88 Å². The predicted octanol–water partition coefficient (Wildman–Crippen LogP) is 2.23. The third-order valence-corrected chi connectivity index (χ3v) is 3.42. The molecule has 1 aromatic heterocycles. The Morgan fingerprint density at radius 3 is 2.44 bits per heavy atom. The van der Waals surface area contributed by atoms with Crippen LogP contribution in [-0.2, 0) is 18.4 Å². The molecule has 1 unspecified atom stereocenters. The number of aryl methyl sites for hydroxylation is 1. The smallest absolute Gasteiger partial charge is 0.320 e. The third-order valence-electron chi connectivity index (χ3n) is 3.42. The lowest BCUT2D eigenvalue weighted by Gasteiger charge is -2.16. The van der Waals surface area contributed by atoms with E-state index in [0.717, 1.165) is 0 Å². The van der Waals surface area contributed by atoms with Gasteiger partial charge in [-0.05, 0) is 37.8 Å². The Hall–Kier alpha value is -1.29. The van der Waals surface area contributed by atoms with Crippen molar-refractivity contribution in [3.8, 4) is 0 Å². The van der Waals surface area contributed by atoms with E-state index < -0.39 is 12.0 Å². The maximum Gasteiger partial charge on any atom is 0.320 e. The molecule has 0 aliphatic rings. The number of hydrogen-bond donors (Lipinski definition) is 2. The van der Waals surface area contributed by atoms with Crippen molar-refractivity contribution in [3.63, 3.8) is 0 Å². The normalized spacial score (nSPS) is 13.0. The zero-order valence-corrected chi connectivity index (χ0v) is 11.9. The standard InChI is InChI=1S/C14H24N2O2/c1-9(2)6-13(14(17)18)15-8-12-7-10(3)16(5)11(12)4/h7,9,13,15H,6,8H2,1-5H3,(H,17,18). The Balaban J connectivity index is 2.67. The topological polar surface area (TPSA) is 54.3 Å². The minimum Gasteiger partial charge on any atom is -0.480 e. The van der Waals surface area contributed by atoms with Crippen LogP contribution in [0.2, 0.25) is 0 Å². The number of nitrogens with zero attached hydrogens (tertiary/aromatic N) is 1. The highest BCUT2D eigenvalue weighted by Gasteiger charge is 2.18. The first-order chi connectivity index (χ1) is 8.32. The van der Waals surface area contributed by atoms with E-state index in [9.17, 15) is 4.79 Å². The van der Waals surface area contributed by atoms with E-state index in [1.54, 1.807) is 0 Å². The lowest BCUT2D eigenvalue weighted by molar-refractivity contribution is -0.140. The molecule has 0 spiro atoms. The summed E-state index contributed by atoms with van der Waals surface area (Å²) in [5.41, 5.74) is 3.55. The van der Waals surface area contributed by atoms with Gasteiger partial charge < -0.3 is 15.0 Å². The first kappa shape index (κ1) is 14.8. The maximum atomic E-state index is 11.1. The Morgan fingerprint density at radius 1 is 1.44 bits per heavy atom. The molecular weight excluding hydrogens is 228 g/mol. The summed E-state index contributed by atoms with van der Waals surface area (Å²) >= 11 is 0. The van der Waals surface area contributed by atoms with Crippen LogP contribution >= 0.6 is 0 Å². The predicted molar refractivity (Wildman–Crippen MR) is 72.6 cm³/mol. The Morgan fingerprint density at radius 2 is 2.06 bits per heavy atom. The molecule has 0 aliphatic carbocycles. The number of nitrogens with one attached hydrogen (secondary N) is 1. The van der Waals surface area contributed by atoms with Crippen molar-refractivity contribution < 1.29 is 9.90 Å². The number of carboxylic acids is 1. The molecule has 18 heavy (non-hydrogen) atoms. The van der Waals surface area contributed by atoms with E-state index in [2.05, 4.69) is 29.8 Å². The molecule has 4 nitrogen and oxygen atoms in total. The number of aliphatic carboxylic acids is 1. The minimum atomic E-state index is -0.769. The molecule has 0 fully saturated rings. The van der Waals surface area contributed by atoms with Gasteiger partial charge in [0.25, 0.3) is 0 Å². The van der Waals surface area contributed by atoms with Gasteiger partial charge in [-0.3, -0.25) is 4.79 Å². The van der Waals surface area contributed by atoms with Gasteiger partial charge in [0, 0.05) is 25.0 Å². The number of aromatic nitrogens is 1. The van der Waals surface area contributed by atoms with Crippen LogP contribution in [-0.4, -0.2) is 21.7 Å². The third kappa shape index (κ3) is 3.60. The fourth-order valence-electron chi connectivity index (χ4n) is 2.09. The average molecular weight is 252 g/mol. The zero-order chi connectivity index (χ0) is 13.9. The highest BCUT2D eigenvalue weighted by Crippen LogP contribution is 2.14. The van der Waals surface area contributed by atoms with Crippen LogP contribution < -0.4 is 5.32 Å². The highest BCUT2D eigenvalue weighted by atomic mass is 16.4. The molecule has 4 heteroatoms. The van der Waals surface area contributed by atoms with Crippen LogP contribution in [0.3, 0.4) is 0 Å². The number of rotatable bonds is 6. The molecule has 0 aliphatic heterocycles. The molecule has 1 rings (SSSR count). The molecule has 102 valence electrons. The second-order valence-electron chi connectivity index (χ2n) is 5.36. The van der Waals surface area contributed by atoms with Gasteiger partial charge in [-0.15, -0.1) is 0 Å². The molecule has 1 aromatic rings. The maximum absolute atomic E-state index is 11.1. The van der Waals surface area contributed by atoms with E-state index in [1.165, 1.54) is 17.0 Å². The summed E-state index contributed by atoms with van der Waals surface area (Å²) in [7, 11) is 2.02. The summed E-state index contributed by atoms with van der Waals surface area (Å²) in [6.45, 7) is 8.80. The fraction of sp³-hybridized carbons (Fsp3) is 0.643. The van der Waals surface area contributed by atoms with Crippen molar-refractivity contribution in [2.24, 2.45) is 13.0 Å². The molecule has 1 atom stereocenters. The van der Waals surface area contributed by atoms with Crippen molar-refractivity contribution in [2.45, 2.75) is 46.7 Å². The molecule has 0 saturated heterocycles. The average Bonchev–Trinajstić information content (AvgIpc) is 2.51. The fourth-order valence-corrected chi connectivity index (χ4v) is 2.09. The molecule has 0 radical (unpaired) electrons. The summed E-state index contributed by atoms with van der Waals surface area (Å²) in [5.74, 6) is -0.397. The monoisotopic (exact) mass is 252 g/mol. The van der Waals surface area contributed by atoms with E-state index >= 15 is 0 Å². The van der Waals surface area contributed by atoms with Crippen LogP contribution in [0.4, 0.5) is 0 Å². The van der Waals surface area contributed by atoms with Crippen molar-refractivity contribution in [1.29, 1.82) is 0 Å². The Bertz CT molecular complexity index is 422. The SMILES string of the molecule is Cc1cc(CNC(CC(C)C)C(=O)O)c(C)n1C. The van der Waals surface area contributed by atoms with Crippen LogP contribution in [0.5, 0.6) is 0 Å². The van der Waals surface area contributed by atoms with Gasteiger partial charge in [-0.1, -0.05) is 13.8 Å². The van der Waals surface area contributed by atoms with E-state index in [1.807, 2.05) is 20.9 Å². The van der Waals surface area contributed by atoms with Crippen LogP contribution in [0.25, 0.3) is 0 Å². The number of carbonyl (C=O) groups is 1. The molecule has 0 bridgehead atoms. The van der Waals surface area contributed by atoms with Gasteiger partial charge in [-0.25, -0.2) is 0 Å². The van der Waals surface area contributed by atoms with E-state index in [4.69, 9.17) is 5.11 Å². The summed E-state index contributed by atoms with van der Waals surface area (Å²) in [6, 6.07) is 1.64. The van der Waals surface area contributed by atoms with Gasteiger partial charge in [-0.2, -0.15) is 0 Å². The second kappa shape index (κ2) is 6.05. The molecule has 0 saturated carbocycles. The van der Waals surface area contributed by atoms with Crippen molar-refractivity contribution in [3.05, 3.63) is 23.0 Å². The van der Waals surface area contributed by atoms with E-state index in [0.29, 0.717) is 18.9 Å². The zero-order valence-electron chi connectivity index (χ0n) is 11.9. The molecule has 1 heterocycles. The summed E-state index contributed by atoms with van der Waals surface area (Å²) < 4.78 is 2.12. The van der Waals surface area contributed by atoms with Gasteiger partial charge in [0.05, 0.1) is 0 Å². The number of hydrogen-bond acceptors (Lipinski definition) is 2. The molecular formula is C14H24N2O2. The van der Waals surface area contributed by atoms with Crippen LogP contribution in [0.15, 0.2) is 6.07 Å². The highest BCUT2D eigenvalue weighted by molar-refractivity contribution is 5.73. The van der Waals surface area contributed by atoms with Gasteiger partial charge in [0.2, 0.25) is 0 Å². The largest absolute Gasteiger partial charge is 0.480 e.